The molecule has 0 bridgehead atoms. The lowest BCUT2D eigenvalue weighted by Gasteiger charge is -2.21. The third-order valence-corrected chi connectivity index (χ3v) is 22.1. The lowest BCUT2D eigenvalue weighted by Crippen LogP contribution is -2.30. The van der Waals surface area contributed by atoms with Gasteiger partial charge in [-0.25, -0.2) is 9.13 Å². The van der Waals surface area contributed by atoms with E-state index < -0.39 is 97.5 Å². The second-order valence-electron chi connectivity index (χ2n) is 30.4. The van der Waals surface area contributed by atoms with Crippen LogP contribution in [0.25, 0.3) is 0 Å². The molecule has 0 amide bonds. The van der Waals surface area contributed by atoms with E-state index >= 15 is 0 Å². The van der Waals surface area contributed by atoms with Crippen molar-refractivity contribution in [2.45, 2.75) is 458 Å². The van der Waals surface area contributed by atoms with Crippen LogP contribution in [0.3, 0.4) is 0 Å². The normalized spacial score (nSPS) is 14.4. The number of hydrogen-bond donors (Lipinski definition) is 3. The van der Waals surface area contributed by atoms with Crippen LogP contribution < -0.4 is 0 Å². The molecular weight excluding hydrogens is 1330 g/mol. The maximum Gasteiger partial charge on any atom is 0.472 e. The van der Waals surface area contributed by atoms with Gasteiger partial charge in [0.2, 0.25) is 0 Å². The number of unbranched alkanes of at least 4 members (excludes halogenated alkanes) is 50. The van der Waals surface area contributed by atoms with Gasteiger partial charge in [0, 0.05) is 25.7 Å². The molecule has 0 spiro atoms. The second kappa shape index (κ2) is 74.5. The average Bonchev–Trinajstić information content (AvgIpc) is 0.941. The van der Waals surface area contributed by atoms with E-state index in [1.807, 2.05) is 0 Å². The van der Waals surface area contributed by atoms with Crippen LogP contribution in [0.15, 0.2) is 0 Å². The molecule has 0 aliphatic rings. The highest BCUT2D eigenvalue weighted by Crippen LogP contribution is 2.45. The number of aliphatic hydroxyl groups is 1. The summed E-state index contributed by atoms with van der Waals surface area (Å²) in [6.07, 6.45) is 65.7. The van der Waals surface area contributed by atoms with Crippen molar-refractivity contribution in [3.63, 3.8) is 0 Å². The Labute approximate surface area is 626 Å². The zero-order valence-electron chi connectivity index (χ0n) is 66.9. The number of carbonyl (C=O) groups excluding carboxylic acids is 4. The minimum absolute atomic E-state index is 0.102. The summed E-state index contributed by atoms with van der Waals surface area (Å²) in [5.41, 5.74) is 0. The minimum atomic E-state index is -4.96. The second-order valence-corrected chi connectivity index (χ2v) is 33.3. The Kier molecular flexibility index (Phi) is 73.1. The molecule has 0 radical (unpaired) electrons. The van der Waals surface area contributed by atoms with Crippen LogP contribution in [-0.2, 0) is 65.4 Å². The van der Waals surface area contributed by atoms with Gasteiger partial charge in [-0.15, -0.1) is 0 Å². The van der Waals surface area contributed by atoms with Gasteiger partial charge in [-0.3, -0.25) is 37.3 Å². The molecule has 0 saturated heterocycles. The molecular formula is C83H162O17P2. The third-order valence-electron chi connectivity index (χ3n) is 20.2. The van der Waals surface area contributed by atoms with Crippen molar-refractivity contribution in [1.82, 2.24) is 0 Å². The molecule has 7 atom stereocenters. The van der Waals surface area contributed by atoms with Crippen molar-refractivity contribution in [3.8, 4) is 0 Å². The van der Waals surface area contributed by atoms with Crippen LogP contribution in [0.4, 0.5) is 0 Å². The highest BCUT2D eigenvalue weighted by molar-refractivity contribution is 7.47. The summed E-state index contributed by atoms with van der Waals surface area (Å²) in [5.74, 6) is -0.663. The maximum absolute atomic E-state index is 13.1. The number of carbonyl (C=O) groups is 4. The molecule has 4 unspecified atom stereocenters. The highest BCUT2D eigenvalue weighted by atomic mass is 31.2. The van der Waals surface area contributed by atoms with E-state index in [1.165, 1.54) is 250 Å². The number of aliphatic hydroxyl groups excluding tert-OH is 1. The van der Waals surface area contributed by atoms with Crippen molar-refractivity contribution < 1.29 is 80.2 Å². The maximum atomic E-state index is 13.1. The van der Waals surface area contributed by atoms with Crippen molar-refractivity contribution in [2.24, 2.45) is 11.8 Å². The molecule has 102 heavy (non-hydrogen) atoms. The Morgan fingerprint density at radius 3 is 0.696 bits per heavy atom. The Balaban J connectivity index is 5.18. The van der Waals surface area contributed by atoms with Gasteiger partial charge in [-0.2, -0.15) is 0 Å². The monoisotopic (exact) mass is 1490 g/mol. The summed E-state index contributed by atoms with van der Waals surface area (Å²) in [6, 6.07) is 0. The molecule has 19 heteroatoms. The predicted molar refractivity (Wildman–Crippen MR) is 418 cm³/mol. The summed E-state index contributed by atoms with van der Waals surface area (Å²) in [7, 11) is -9.92. The first-order valence-electron chi connectivity index (χ1n) is 43.1. The molecule has 0 aliphatic carbocycles. The number of phosphoric acid groups is 2. The fourth-order valence-electron chi connectivity index (χ4n) is 12.8. The predicted octanol–water partition coefficient (Wildman–Crippen LogP) is 25.1. The Hall–Kier alpha value is -1.94. The molecule has 0 aliphatic heterocycles. The number of hydrogen-bond acceptors (Lipinski definition) is 15. The van der Waals surface area contributed by atoms with E-state index in [1.54, 1.807) is 0 Å². The van der Waals surface area contributed by atoms with Crippen molar-refractivity contribution in [1.29, 1.82) is 0 Å². The molecule has 0 aromatic heterocycles. The number of esters is 4. The number of phosphoric ester groups is 2. The van der Waals surface area contributed by atoms with E-state index in [0.717, 1.165) is 108 Å². The standard InChI is InChI=1S/C83H162O17P2/c1-7-11-13-15-17-19-21-23-25-27-29-31-32-34-36-38-40-42-44-46-55-61-67-82(87)99-78(71-93-80(85)65-59-53-45-43-41-39-37-35-33-30-28-26-24-22-20-18-16-14-12-8-2)73-97-101(89,90)95-69-77(84)70-96-102(91,92)98-74-79(100-83(88)68-62-56-50-48-52-58-64-76(6)10-4)72-94-81(86)66-60-54-49-47-51-57-63-75(5)9-3/h75-79,84H,7-74H2,1-6H3,(H,89,90)(H,91,92)/t75?,76?,77-,78-,79-/m1/s1. The van der Waals surface area contributed by atoms with Gasteiger partial charge < -0.3 is 33.8 Å². The van der Waals surface area contributed by atoms with Crippen LogP contribution in [0.5, 0.6) is 0 Å². The van der Waals surface area contributed by atoms with E-state index in [2.05, 4.69) is 41.5 Å². The first-order valence-corrected chi connectivity index (χ1v) is 46.1. The van der Waals surface area contributed by atoms with Gasteiger partial charge in [0.1, 0.15) is 19.3 Å². The minimum Gasteiger partial charge on any atom is -0.462 e. The van der Waals surface area contributed by atoms with E-state index in [-0.39, 0.29) is 25.7 Å². The molecule has 606 valence electrons. The van der Waals surface area contributed by atoms with Gasteiger partial charge in [-0.1, -0.05) is 388 Å². The molecule has 0 saturated carbocycles. The summed E-state index contributed by atoms with van der Waals surface area (Å²) < 4.78 is 68.7. The Morgan fingerprint density at radius 2 is 0.471 bits per heavy atom. The summed E-state index contributed by atoms with van der Waals surface area (Å²) in [6.45, 7) is 9.54. The van der Waals surface area contributed by atoms with Gasteiger partial charge in [0.25, 0.3) is 0 Å². The van der Waals surface area contributed by atoms with Crippen LogP contribution in [0.1, 0.15) is 440 Å². The van der Waals surface area contributed by atoms with E-state index in [9.17, 15) is 43.2 Å². The zero-order valence-corrected chi connectivity index (χ0v) is 68.7. The van der Waals surface area contributed by atoms with Crippen molar-refractivity contribution in [3.05, 3.63) is 0 Å². The lowest BCUT2D eigenvalue weighted by atomic mass is 10.00. The largest absolute Gasteiger partial charge is 0.472 e. The quantitative estimate of drug-likeness (QED) is 0.0222. The van der Waals surface area contributed by atoms with Crippen LogP contribution in [-0.4, -0.2) is 96.7 Å². The molecule has 0 fully saturated rings. The molecule has 3 N–H and O–H groups in total. The average molecular weight is 1490 g/mol. The Morgan fingerprint density at radius 1 is 0.275 bits per heavy atom. The molecule has 0 aromatic carbocycles. The fraction of sp³-hybridized carbons (Fsp3) is 0.952. The summed E-state index contributed by atoms with van der Waals surface area (Å²) in [5, 5.41) is 10.6. The van der Waals surface area contributed by atoms with Crippen molar-refractivity contribution in [2.75, 3.05) is 39.6 Å². The topological polar surface area (TPSA) is 237 Å². The van der Waals surface area contributed by atoms with Gasteiger partial charge in [0.15, 0.2) is 12.2 Å². The summed E-state index contributed by atoms with van der Waals surface area (Å²) >= 11 is 0. The highest BCUT2D eigenvalue weighted by Gasteiger charge is 2.30. The smallest absolute Gasteiger partial charge is 0.462 e. The zero-order chi connectivity index (χ0) is 74.9. The first-order chi connectivity index (χ1) is 49.4. The van der Waals surface area contributed by atoms with Crippen LogP contribution >= 0.6 is 15.6 Å². The van der Waals surface area contributed by atoms with Crippen molar-refractivity contribution >= 4 is 39.5 Å². The molecule has 0 heterocycles. The SMILES string of the molecule is CCCCCCCCCCCCCCCCCCCCCCCCC(=O)O[C@H](COC(=O)CCCCCCCCCCCCCCCCCCCCCC)COP(=O)(O)OC[C@@H](O)COP(=O)(O)OC[C@@H](COC(=O)CCCCCCCCC(C)CC)OC(=O)CCCCCCCCC(C)CC. The van der Waals surface area contributed by atoms with Crippen LogP contribution in [0, 0.1) is 11.8 Å². The third kappa shape index (κ3) is 73.6. The van der Waals surface area contributed by atoms with Gasteiger partial charge in [0.05, 0.1) is 26.4 Å². The Bertz CT molecular complexity index is 1960. The first kappa shape index (κ1) is 100. The van der Waals surface area contributed by atoms with E-state index in [4.69, 9.17) is 37.0 Å². The van der Waals surface area contributed by atoms with E-state index in [0.29, 0.717) is 25.7 Å². The van der Waals surface area contributed by atoms with Gasteiger partial charge >= 0.3 is 39.5 Å². The summed E-state index contributed by atoms with van der Waals surface area (Å²) in [4.78, 5) is 73.0. The van der Waals surface area contributed by atoms with Gasteiger partial charge in [-0.05, 0) is 37.5 Å². The van der Waals surface area contributed by atoms with Crippen LogP contribution in [0.2, 0.25) is 0 Å². The number of ether oxygens (including phenoxy) is 4. The lowest BCUT2D eigenvalue weighted by molar-refractivity contribution is -0.161. The fourth-order valence-corrected chi connectivity index (χ4v) is 14.4. The molecule has 0 rings (SSSR count). The number of rotatable bonds is 82. The molecule has 17 nitrogen and oxygen atoms in total. The molecule has 0 aromatic rings.